The van der Waals surface area contributed by atoms with Crippen LogP contribution >= 0.6 is 23.4 Å². The van der Waals surface area contributed by atoms with E-state index in [-0.39, 0.29) is 22.3 Å². The highest BCUT2D eigenvalue weighted by Gasteiger charge is 2.53. The highest BCUT2D eigenvalue weighted by atomic mass is 35.5. The number of ether oxygens (including phenoxy) is 1. The topological polar surface area (TPSA) is 83.5 Å². The number of alkyl halides is 1. The number of hydrogen-bond acceptors (Lipinski definition) is 9. The number of nitrogens with zero attached hydrogens (tertiary/aromatic N) is 3. The van der Waals surface area contributed by atoms with Crippen LogP contribution in [0.25, 0.3) is 0 Å². The van der Waals surface area contributed by atoms with Gasteiger partial charge in [0.25, 0.3) is 0 Å². The Morgan fingerprint density at radius 3 is 2.93 bits per heavy atom. The largest absolute Gasteiger partial charge is 0.377 e. The van der Waals surface area contributed by atoms with Crippen molar-refractivity contribution in [2.45, 2.75) is 54.9 Å². The van der Waals surface area contributed by atoms with Crippen LogP contribution in [0.1, 0.15) is 19.3 Å². The number of thioether (sulfide) groups is 1. The Morgan fingerprint density at radius 2 is 2.20 bits per heavy atom. The van der Waals surface area contributed by atoms with Gasteiger partial charge in [-0.2, -0.15) is 0 Å². The molecular weight excluding hydrogens is 426 g/mol. The molecule has 0 bridgehead atoms. The zero-order valence-electron chi connectivity index (χ0n) is 18.1. The third-order valence-electron chi connectivity index (χ3n) is 7.08. The number of likely N-dealkylation sites (tertiary alicyclic amines) is 2. The number of rotatable bonds is 7. The van der Waals surface area contributed by atoms with Crippen LogP contribution in [0.15, 0.2) is 11.6 Å². The zero-order chi connectivity index (χ0) is 21.5. The minimum Gasteiger partial charge on any atom is -0.377 e. The smallest absolute Gasteiger partial charge is 0.215 e. The quantitative estimate of drug-likeness (QED) is 0.238. The highest BCUT2D eigenvalue weighted by Crippen LogP contribution is 2.50. The Morgan fingerprint density at radius 1 is 1.40 bits per heavy atom. The van der Waals surface area contributed by atoms with Crippen molar-refractivity contribution < 1.29 is 14.9 Å². The van der Waals surface area contributed by atoms with Gasteiger partial charge in [-0.3, -0.25) is 25.3 Å². The van der Waals surface area contributed by atoms with Crippen LogP contribution < -0.4 is 10.6 Å². The molecule has 1 aliphatic carbocycles. The lowest BCUT2D eigenvalue weighted by Gasteiger charge is -2.31. The van der Waals surface area contributed by atoms with Gasteiger partial charge in [-0.1, -0.05) is 6.08 Å². The number of allylic oxidation sites excluding steroid dienone is 1. The van der Waals surface area contributed by atoms with Gasteiger partial charge in [-0.25, -0.2) is 0 Å². The van der Waals surface area contributed by atoms with Gasteiger partial charge in [0.1, 0.15) is 11.7 Å². The van der Waals surface area contributed by atoms with E-state index in [2.05, 4.69) is 21.6 Å². The molecule has 4 N–H and O–H groups in total. The minimum atomic E-state index is -0.842. The van der Waals surface area contributed by atoms with Crippen molar-refractivity contribution in [1.29, 1.82) is 0 Å². The Hall–Kier alpha value is 0.0600. The van der Waals surface area contributed by atoms with Gasteiger partial charge in [0.05, 0.1) is 18.1 Å². The van der Waals surface area contributed by atoms with Gasteiger partial charge in [0.15, 0.2) is 0 Å². The number of methoxy groups -OCH3 is 1. The van der Waals surface area contributed by atoms with Crippen molar-refractivity contribution in [3.8, 4) is 0 Å². The fourth-order valence-corrected chi connectivity index (χ4v) is 6.87. The Labute approximate surface area is 188 Å². The number of fused-ring (bicyclic) bond motifs is 2. The van der Waals surface area contributed by atoms with Crippen LogP contribution in [0.5, 0.6) is 0 Å². The Bertz CT molecular complexity index is 644. The third-order valence-corrected chi connectivity index (χ3v) is 8.61. The average molecular weight is 462 g/mol. The number of likely N-dealkylation sites (N-methyl/N-ethyl adjacent to an activating group) is 1. The minimum absolute atomic E-state index is 0.0410. The number of halogens is 1. The second kappa shape index (κ2) is 9.51. The number of nitrogens with one attached hydrogen (secondary N) is 2. The Balaban J connectivity index is 1.40. The van der Waals surface area contributed by atoms with E-state index >= 15 is 0 Å². The summed E-state index contributed by atoms with van der Waals surface area (Å²) >= 11 is 8.34. The number of aliphatic hydroxyl groups excluding tert-OH is 2. The van der Waals surface area contributed by atoms with Gasteiger partial charge in [-0.15, -0.1) is 23.4 Å². The maximum atomic E-state index is 10.3. The first kappa shape index (κ1) is 23.2. The van der Waals surface area contributed by atoms with Gasteiger partial charge in [-0.05, 0) is 38.9 Å². The lowest BCUT2D eigenvalue weighted by molar-refractivity contribution is -0.171. The predicted octanol–water partition coefficient (Wildman–Crippen LogP) is 0.0283. The molecule has 10 heteroatoms. The van der Waals surface area contributed by atoms with E-state index in [9.17, 15) is 10.2 Å². The van der Waals surface area contributed by atoms with Crippen molar-refractivity contribution >= 4 is 23.4 Å². The van der Waals surface area contributed by atoms with Gasteiger partial charge in [0, 0.05) is 44.0 Å². The normalized spacial score (nSPS) is 39.6. The summed E-state index contributed by atoms with van der Waals surface area (Å²) in [7, 11) is 5.34. The summed E-state index contributed by atoms with van der Waals surface area (Å²) in [6.45, 7) is 3.39. The lowest BCUT2D eigenvalue weighted by Crippen LogP contribution is -2.51. The molecule has 172 valence electrons. The van der Waals surface area contributed by atoms with Crippen LogP contribution in [0.3, 0.4) is 0 Å². The first-order chi connectivity index (χ1) is 14.3. The van der Waals surface area contributed by atoms with E-state index in [4.69, 9.17) is 16.3 Å². The molecule has 3 fully saturated rings. The van der Waals surface area contributed by atoms with Gasteiger partial charge < -0.3 is 14.9 Å². The van der Waals surface area contributed by atoms with E-state index in [0.29, 0.717) is 6.04 Å². The van der Waals surface area contributed by atoms with E-state index < -0.39 is 12.6 Å². The first-order valence-electron chi connectivity index (χ1n) is 10.8. The van der Waals surface area contributed by atoms with Crippen LogP contribution in [0.4, 0.5) is 0 Å². The second-order valence-electron chi connectivity index (χ2n) is 9.27. The molecule has 4 aliphatic rings. The molecule has 3 saturated heterocycles. The molecule has 0 aromatic heterocycles. The zero-order valence-corrected chi connectivity index (χ0v) is 19.7. The summed E-state index contributed by atoms with van der Waals surface area (Å²) < 4.78 is 5.16. The SMILES string of the molecule is COC(O)N1CCC2(C1)CN(CNC1NC(C(O)N(C)C)CS1)C1CC[C@@H](Cl)C=C12. The highest BCUT2D eigenvalue weighted by molar-refractivity contribution is 8.00. The maximum absolute atomic E-state index is 10.3. The summed E-state index contributed by atoms with van der Waals surface area (Å²) in [6, 6.07) is 0.468. The Kier molecular flexibility index (Phi) is 7.36. The molecule has 0 amide bonds. The molecule has 6 unspecified atom stereocenters. The molecule has 8 nitrogen and oxygen atoms in total. The first-order valence-corrected chi connectivity index (χ1v) is 12.3. The van der Waals surface area contributed by atoms with Gasteiger partial charge >= 0.3 is 0 Å². The summed E-state index contributed by atoms with van der Waals surface area (Å²) in [5.74, 6) is 0.882. The van der Waals surface area contributed by atoms with Crippen molar-refractivity contribution in [3.63, 3.8) is 0 Å². The van der Waals surface area contributed by atoms with Crippen molar-refractivity contribution in [2.24, 2.45) is 5.41 Å². The molecule has 7 atom stereocenters. The molecule has 4 rings (SSSR count). The van der Waals surface area contributed by atoms with E-state index in [1.807, 2.05) is 35.7 Å². The molecule has 3 aliphatic heterocycles. The maximum Gasteiger partial charge on any atom is 0.215 e. The molecule has 3 heterocycles. The summed E-state index contributed by atoms with van der Waals surface area (Å²) in [6.07, 6.45) is 4.05. The summed E-state index contributed by atoms with van der Waals surface area (Å²) in [5.41, 5.74) is 1.63. The fourth-order valence-electron chi connectivity index (χ4n) is 5.48. The monoisotopic (exact) mass is 461 g/mol. The molecule has 0 saturated carbocycles. The standard InChI is InChI=1S/C20H36ClN5O3S/c1-24(2)17(27)15-9-30-18(23-15)22-12-26-11-20(6-7-25(10-20)19(28)29-3)14-8-13(21)4-5-16(14)26/h8,13,15-19,22-23,27-28H,4-7,9-12H2,1-3H3/t13-,15?,16?,17?,18?,19?,20?/m1/s1. The van der Waals surface area contributed by atoms with Crippen LogP contribution in [-0.2, 0) is 4.74 Å². The lowest BCUT2D eigenvalue weighted by atomic mass is 9.76. The fraction of sp³-hybridized carbons (Fsp3) is 0.900. The van der Waals surface area contributed by atoms with Gasteiger partial charge in [0.2, 0.25) is 6.41 Å². The predicted molar refractivity (Wildman–Crippen MR) is 120 cm³/mol. The third kappa shape index (κ3) is 4.57. The molecule has 0 radical (unpaired) electrons. The summed E-state index contributed by atoms with van der Waals surface area (Å²) in [4.78, 5) is 6.40. The molecule has 1 spiro atoms. The second-order valence-corrected chi connectivity index (χ2v) is 11.0. The molecule has 0 aromatic carbocycles. The summed E-state index contributed by atoms with van der Waals surface area (Å²) in [5, 5.41) is 27.7. The van der Waals surface area contributed by atoms with Crippen molar-refractivity contribution in [3.05, 3.63) is 11.6 Å². The van der Waals surface area contributed by atoms with E-state index in [1.54, 1.807) is 7.11 Å². The molecular formula is C20H36ClN5O3S. The van der Waals surface area contributed by atoms with Crippen molar-refractivity contribution in [2.75, 3.05) is 53.3 Å². The molecule has 30 heavy (non-hydrogen) atoms. The van der Waals surface area contributed by atoms with E-state index in [1.165, 1.54) is 5.57 Å². The average Bonchev–Trinajstić information content (AvgIpc) is 3.44. The van der Waals surface area contributed by atoms with Crippen molar-refractivity contribution in [1.82, 2.24) is 25.3 Å². The number of hydrogen-bond donors (Lipinski definition) is 4. The van der Waals surface area contributed by atoms with E-state index in [0.717, 1.165) is 51.3 Å². The van der Waals surface area contributed by atoms with Crippen LogP contribution in [0, 0.1) is 5.41 Å². The van der Waals surface area contributed by atoms with Crippen LogP contribution in [-0.4, -0.2) is 114 Å². The van der Waals surface area contributed by atoms with Crippen LogP contribution in [0.2, 0.25) is 0 Å². The number of aliphatic hydroxyl groups is 2. The molecule has 0 aromatic rings.